The van der Waals surface area contributed by atoms with Gasteiger partial charge in [0.05, 0.1) is 13.2 Å². The van der Waals surface area contributed by atoms with Crippen molar-refractivity contribution in [2.45, 2.75) is 6.10 Å². The summed E-state index contributed by atoms with van der Waals surface area (Å²) in [7, 11) is 1.36. The standard InChI is InChI=1S/C9H11BrFNO2/c1-14-8-3-5(10)2-6(9(8)11)7(13)4-12/h2-3,7,13H,4,12H2,1H3. The fourth-order valence-corrected chi connectivity index (χ4v) is 1.56. The van der Waals surface area contributed by atoms with Gasteiger partial charge in [-0.1, -0.05) is 15.9 Å². The summed E-state index contributed by atoms with van der Waals surface area (Å²) in [5.74, 6) is -0.490. The molecule has 0 aromatic heterocycles. The minimum Gasteiger partial charge on any atom is -0.494 e. The zero-order chi connectivity index (χ0) is 10.7. The van der Waals surface area contributed by atoms with Crippen LogP contribution < -0.4 is 10.5 Å². The molecule has 0 saturated heterocycles. The van der Waals surface area contributed by atoms with Crippen LogP contribution in [0.5, 0.6) is 5.75 Å². The molecule has 0 saturated carbocycles. The van der Waals surface area contributed by atoms with Crippen LogP contribution in [0.15, 0.2) is 16.6 Å². The lowest BCUT2D eigenvalue weighted by atomic mass is 10.1. The Kier molecular flexibility index (Phi) is 3.86. The zero-order valence-corrected chi connectivity index (χ0v) is 9.21. The van der Waals surface area contributed by atoms with E-state index in [4.69, 9.17) is 10.5 Å². The highest BCUT2D eigenvalue weighted by Crippen LogP contribution is 2.29. The van der Waals surface area contributed by atoms with Gasteiger partial charge in [0.2, 0.25) is 0 Å². The first-order chi connectivity index (χ1) is 6.60. The summed E-state index contributed by atoms with van der Waals surface area (Å²) in [4.78, 5) is 0. The quantitative estimate of drug-likeness (QED) is 0.871. The van der Waals surface area contributed by atoms with Crippen LogP contribution in [0.1, 0.15) is 11.7 Å². The van der Waals surface area contributed by atoms with Crippen molar-refractivity contribution < 1.29 is 14.2 Å². The van der Waals surface area contributed by atoms with Gasteiger partial charge in [0, 0.05) is 16.6 Å². The lowest BCUT2D eigenvalue weighted by Crippen LogP contribution is -2.13. The van der Waals surface area contributed by atoms with Crippen molar-refractivity contribution in [1.82, 2.24) is 0 Å². The second-order valence-corrected chi connectivity index (χ2v) is 3.68. The molecule has 1 rings (SSSR count). The highest BCUT2D eigenvalue weighted by atomic mass is 79.9. The average molecular weight is 264 g/mol. The van der Waals surface area contributed by atoms with Gasteiger partial charge < -0.3 is 15.6 Å². The Morgan fingerprint density at radius 1 is 1.64 bits per heavy atom. The largest absolute Gasteiger partial charge is 0.494 e. The first-order valence-corrected chi connectivity index (χ1v) is 4.80. The van der Waals surface area contributed by atoms with Crippen molar-refractivity contribution in [3.05, 3.63) is 28.0 Å². The summed E-state index contributed by atoms with van der Waals surface area (Å²) in [6.07, 6.45) is -1.01. The molecule has 3 N–H and O–H groups in total. The number of hydrogen-bond acceptors (Lipinski definition) is 3. The minimum absolute atomic E-state index is 0.0312. The van der Waals surface area contributed by atoms with Crippen molar-refractivity contribution >= 4 is 15.9 Å². The molecule has 1 atom stereocenters. The van der Waals surface area contributed by atoms with Crippen LogP contribution in [0, 0.1) is 5.82 Å². The molecule has 0 amide bonds. The number of hydrogen-bond donors (Lipinski definition) is 2. The highest BCUT2D eigenvalue weighted by Gasteiger charge is 2.16. The van der Waals surface area contributed by atoms with Gasteiger partial charge in [-0.15, -0.1) is 0 Å². The maximum atomic E-state index is 13.5. The van der Waals surface area contributed by atoms with E-state index in [-0.39, 0.29) is 17.9 Å². The lowest BCUT2D eigenvalue weighted by molar-refractivity contribution is 0.180. The van der Waals surface area contributed by atoms with Crippen LogP contribution >= 0.6 is 15.9 Å². The van der Waals surface area contributed by atoms with Gasteiger partial charge in [-0.3, -0.25) is 0 Å². The van der Waals surface area contributed by atoms with Gasteiger partial charge in [0.25, 0.3) is 0 Å². The molecule has 0 bridgehead atoms. The molecule has 1 aromatic rings. The number of aliphatic hydroxyl groups is 1. The second-order valence-electron chi connectivity index (χ2n) is 2.76. The lowest BCUT2D eigenvalue weighted by Gasteiger charge is -2.12. The maximum absolute atomic E-state index is 13.5. The Hall–Kier alpha value is -0.650. The van der Waals surface area contributed by atoms with Gasteiger partial charge in [0.1, 0.15) is 0 Å². The van der Waals surface area contributed by atoms with E-state index in [1.54, 1.807) is 0 Å². The zero-order valence-electron chi connectivity index (χ0n) is 7.63. The summed E-state index contributed by atoms with van der Waals surface area (Å²) >= 11 is 3.19. The van der Waals surface area contributed by atoms with E-state index in [9.17, 15) is 9.50 Å². The van der Waals surface area contributed by atoms with E-state index in [2.05, 4.69) is 15.9 Å². The molecule has 0 aliphatic rings. The average Bonchev–Trinajstić information content (AvgIpc) is 2.19. The number of rotatable bonds is 3. The van der Waals surface area contributed by atoms with Crippen molar-refractivity contribution in [2.75, 3.05) is 13.7 Å². The van der Waals surface area contributed by atoms with Crippen LogP contribution in [0.2, 0.25) is 0 Å². The topological polar surface area (TPSA) is 55.5 Å². The molecule has 14 heavy (non-hydrogen) atoms. The first-order valence-electron chi connectivity index (χ1n) is 4.01. The van der Waals surface area contributed by atoms with Gasteiger partial charge in [-0.05, 0) is 12.1 Å². The Bertz CT molecular complexity index is 333. The normalized spacial score (nSPS) is 12.6. The molecule has 5 heteroatoms. The first kappa shape index (κ1) is 11.4. The molecule has 78 valence electrons. The molecule has 0 radical (unpaired) electrons. The third-order valence-corrected chi connectivity index (χ3v) is 2.29. The van der Waals surface area contributed by atoms with E-state index in [0.717, 1.165) is 0 Å². The SMILES string of the molecule is COc1cc(Br)cc(C(O)CN)c1F. The molecule has 1 aromatic carbocycles. The van der Waals surface area contributed by atoms with Gasteiger partial charge >= 0.3 is 0 Å². The summed E-state index contributed by atoms with van der Waals surface area (Å²) < 4.78 is 19.0. The summed E-state index contributed by atoms with van der Waals surface area (Å²) in [6.45, 7) is -0.0312. The van der Waals surface area contributed by atoms with E-state index >= 15 is 0 Å². The van der Waals surface area contributed by atoms with Crippen LogP contribution in [-0.4, -0.2) is 18.8 Å². The van der Waals surface area contributed by atoms with Crippen molar-refractivity contribution in [2.24, 2.45) is 5.73 Å². The molecule has 0 fully saturated rings. The Balaban J connectivity index is 3.21. The molecular formula is C9H11BrFNO2. The minimum atomic E-state index is -1.01. The summed E-state index contributed by atoms with van der Waals surface area (Å²) in [5, 5.41) is 9.41. The Labute approximate surface area is 89.8 Å². The number of halogens is 2. The number of nitrogens with two attached hydrogens (primary N) is 1. The second kappa shape index (κ2) is 4.72. The molecule has 1 unspecified atom stereocenters. The van der Waals surface area contributed by atoms with E-state index in [1.807, 2.05) is 0 Å². The van der Waals surface area contributed by atoms with Crippen molar-refractivity contribution in [3.8, 4) is 5.75 Å². The number of methoxy groups -OCH3 is 1. The van der Waals surface area contributed by atoms with Crippen molar-refractivity contribution in [1.29, 1.82) is 0 Å². The summed E-state index contributed by atoms with van der Waals surface area (Å²) in [5.41, 5.74) is 5.38. The predicted molar refractivity (Wildman–Crippen MR) is 54.7 cm³/mol. The smallest absolute Gasteiger partial charge is 0.170 e. The number of ether oxygens (including phenoxy) is 1. The molecular weight excluding hydrogens is 253 g/mol. The van der Waals surface area contributed by atoms with E-state index in [1.165, 1.54) is 19.2 Å². The molecule has 0 aliphatic heterocycles. The third kappa shape index (κ3) is 2.23. The number of aliphatic hydroxyl groups excluding tert-OH is 1. The van der Waals surface area contributed by atoms with Crippen LogP contribution in [0.3, 0.4) is 0 Å². The highest BCUT2D eigenvalue weighted by molar-refractivity contribution is 9.10. The monoisotopic (exact) mass is 263 g/mol. The fourth-order valence-electron chi connectivity index (χ4n) is 1.10. The van der Waals surface area contributed by atoms with E-state index < -0.39 is 11.9 Å². The van der Waals surface area contributed by atoms with Crippen LogP contribution in [0.4, 0.5) is 4.39 Å². The molecule has 0 heterocycles. The van der Waals surface area contributed by atoms with Crippen LogP contribution in [-0.2, 0) is 0 Å². The van der Waals surface area contributed by atoms with Gasteiger partial charge in [0.15, 0.2) is 11.6 Å². The van der Waals surface area contributed by atoms with Gasteiger partial charge in [-0.25, -0.2) is 4.39 Å². The predicted octanol–water partition coefficient (Wildman–Crippen LogP) is 1.59. The molecule has 0 aliphatic carbocycles. The Morgan fingerprint density at radius 2 is 2.29 bits per heavy atom. The maximum Gasteiger partial charge on any atom is 0.170 e. The molecule has 3 nitrogen and oxygen atoms in total. The van der Waals surface area contributed by atoms with Gasteiger partial charge in [-0.2, -0.15) is 0 Å². The van der Waals surface area contributed by atoms with Crippen LogP contribution in [0.25, 0.3) is 0 Å². The Morgan fingerprint density at radius 3 is 2.79 bits per heavy atom. The van der Waals surface area contributed by atoms with Crippen molar-refractivity contribution in [3.63, 3.8) is 0 Å². The third-order valence-electron chi connectivity index (χ3n) is 1.83. The molecule has 0 spiro atoms. The number of benzene rings is 1. The van der Waals surface area contributed by atoms with E-state index in [0.29, 0.717) is 4.47 Å². The fraction of sp³-hybridized carbons (Fsp3) is 0.333. The summed E-state index contributed by atoms with van der Waals surface area (Å²) in [6, 6.07) is 2.97.